The van der Waals surface area contributed by atoms with E-state index in [1.54, 1.807) is 0 Å². The second-order valence-electron chi connectivity index (χ2n) is 3.71. The first kappa shape index (κ1) is 14.3. The smallest absolute Gasteiger partial charge is 0.328 e. The lowest BCUT2D eigenvalue weighted by molar-refractivity contribution is -0.145. The van der Waals surface area contributed by atoms with Crippen LogP contribution in [0.15, 0.2) is 0 Å². The molecule has 15 heavy (non-hydrogen) atoms. The quantitative estimate of drug-likeness (QED) is 0.697. The molecule has 0 heterocycles. The minimum atomic E-state index is -0.519. The summed E-state index contributed by atoms with van der Waals surface area (Å²) in [5, 5.41) is 2.67. The molecular weight excluding hydrogens is 214 g/mol. The van der Waals surface area contributed by atoms with Crippen molar-refractivity contribution in [3.8, 4) is 0 Å². The van der Waals surface area contributed by atoms with Crippen molar-refractivity contribution in [2.45, 2.75) is 26.3 Å². The van der Waals surface area contributed by atoms with Gasteiger partial charge in [-0.15, -0.1) is 0 Å². The molecule has 0 aromatic heterocycles. The molecular formula is C10H19NO3S. The molecule has 0 saturated carbocycles. The lowest BCUT2D eigenvalue weighted by Crippen LogP contribution is -2.43. The average molecular weight is 233 g/mol. The molecule has 5 heteroatoms. The summed E-state index contributed by atoms with van der Waals surface area (Å²) in [6.45, 7) is 3.99. The minimum Gasteiger partial charge on any atom is -0.467 e. The summed E-state index contributed by atoms with van der Waals surface area (Å²) in [5.41, 5.74) is 0. The van der Waals surface area contributed by atoms with Gasteiger partial charge in [0, 0.05) is 0 Å². The second-order valence-corrected chi connectivity index (χ2v) is 4.57. The summed E-state index contributed by atoms with van der Waals surface area (Å²) < 4.78 is 4.63. The van der Waals surface area contributed by atoms with E-state index in [2.05, 4.69) is 10.1 Å². The Morgan fingerprint density at radius 2 is 2.00 bits per heavy atom. The molecule has 0 radical (unpaired) electrons. The second kappa shape index (κ2) is 7.56. The highest BCUT2D eigenvalue weighted by molar-refractivity contribution is 7.99. The lowest BCUT2D eigenvalue weighted by Gasteiger charge is -2.17. The van der Waals surface area contributed by atoms with Crippen LogP contribution in [0.3, 0.4) is 0 Å². The molecule has 0 aliphatic rings. The third-order valence-corrected chi connectivity index (χ3v) is 2.35. The Bertz CT molecular complexity index is 219. The van der Waals surface area contributed by atoms with Crippen LogP contribution in [0, 0.1) is 5.92 Å². The Hall–Kier alpha value is -0.710. The fourth-order valence-corrected chi connectivity index (χ4v) is 1.54. The third-order valence-electron chi connectivity index (χ3n) is 1.80. The monoisotopic (exact) mass is 233 g/mol. The van der Waals surface area contributed by atoms with Crippen molar-refractivity contribution in [3.05, 3.63) is 0 Å². The van der Waals surface area contributed by atoms with Gasteiger partial charge in [0.2, 0.25) is 5.91 Å². The molecule has 0 aromatic carbocycles. The van der Waals surface area contributed by atoms with E-state index in [1.165, 1.54) is 18.9 Å². The number of rotatable bonds is 6. The molecule has 0 saturated heterocycles. The van der Waals surface area contributed by atoms with Gasteiger partial charge in [0.25, 0.3) is 0 Å². The van der Waals surface area contributed by atoms with Gasteiger partial charge in [0.15, 0.2) is 0 Å². The molecule has 0 aromatic rings. The zero-order chi connectivity index (χ0) is 11.8. The maximum atomic E-state index is 11.3. The molecule has 4 nitrogen and oxygen atoms in total. The maximum Gasteiger partial charge on any atom is 0.328 e. The number of hydrogen-bond acceptors (Lipinski definition) is 4. The van der Waals surface area contributed by atoms with Crippen molar-refractivity contribution in [1.29, 1.82) is 0 Å². The third kappa shape index (κ3) is 6.38. The van der Waals surface area contributed by atoms with Crippen molar-refractivity contribution in [2.24, 2.45) is 5.92 Å². The predicted octanol–water partition coefficient (Wildman–Crippen LogP) is 1.05. The molecule has 0 fully saturated rings. The number of nitrogens with one attached hydrogen (secondary N) is 1. The number of amides is 1. The molecule has 0 bridgehead atoms. The van der Waals surface area contributed by atoms with Gasteiger partial charge in [-0.2, -0.15) is 11.8 Å². The summed E-state index contributed by atoms with van der Waals surface area (Å²) in [5.74, 6) is 0.200. The van der Waals surface area contributed by atoms with E-state index >= 15 is 0 Å². The molecule has 1 amide bonds. The van der Waals surface area contributed by atoms with E-state index in [0.29, 0.717) is 18.1 Å². The fourth-order valence-electron chi connectivity index (χ4n) is 1.19. The Kier molecular flexibility index (Phi) is 7.21. The van der Waals surface area contributed by atoms with Crippen LogP contribution >= 0.6 is 11.8 Å². The predicted molar refractivity (Wildman–Crippen MR) is 61.8 cm³/mol. The number of esters is 1. The van der Waals surface area contributed by atoms with Crippen LogP contribution in [0.2, 0.25) is 0 Å². The zero-order valence-electron chi connectivity index (χ0n) is 9.70. The fraction of sp³-hybridized carbons (Fsp3) is 0.800. The molecule has 1 atom stereocenters. The van der Waals surface area contributed by atoms with Crippen molar-refractivity contribution < 1.29 is 14.3 Å². The number of carbonyl (C=O) groups excluding carboxylic acids is 2. The van der Waals surface area contributed by atoms with Crippen molar-refractivity contribution in [3.63, 3.8) is 0 Å². The van der Waals surface area contributed by atoms with Crippen molar-refractivity contribution in [1.82, 2.24) is 5.32 Å². The van der Waals surface area contributed by atoms with E-state index in [9.17, 15) is 9.59 Å². The maximum absolute atomic E-state index is 11.3. The van der Waals surface area contributed by atoms with Gasteiger partial charge in [-0.05, 0) is 18.6 Å². The number of hydrogen-bond donors (Lipinski definition) is 1. The highest BCUT2D eigenvalue weighted by Crippen LogP contribution is 2.06. The topological polar surface area (TPSA) is 55.4 Å². The van der Waals surface area contributed by atoms with Gasteiger partial charge in [-0.25, -0.2) is 4.79 Å². The summed E-state index contributed by atoms with van der Waals surface area (Å²) in [4.78, 5) is 22.7. The first-order valence-corrected chi connectivity index (χ1v) is 6.26. The Balaban J connectivity index is 4.24. The number of carbonyl (C=O) groups is 2. The molecule has 0 aliphatic carbocycles. The van der Waals surface area contributed by atoms with Crippen LogP contribution < -0.4 is 5.32 Å². The largest absolute Gasteiger partial charge is 0.467 e. The SMILES string of the molecule is COC(=O)[C@@H](CC(C)C)NC(=O)CSC. The van der Waals surface area contributed by atoms with Crippen LogP contribution in [-0.4, -0.2) is 37.0 Å². The van der Waals surface area contributed by atoms with E-state index in [0.717, 1.165) is 0 Å². The van der Waals surface area contributed by atoms with Gasteiger partial charge >= 0.3 is 5.97 Å². The zero-order valence-corrected chi connectivity index (χ0v) is 10.5. The number of methoxy groups -OCH3 is 1. The van der Waals surface area contributed by atoms with Crippen LogP contribution in [0.4, 0.5) is 0 Å². The van der Waals surface area contributed by atoms with Crippen LogP contribution in [0.5, 0.6) is 0 Å². The highest BCUT2D eigenvalue weighted by Gasteiger charge is 2.21. The number of ether oxygens (including phenoxy) is 1. The van der Waals surface area contributed by atoms with E-state index in [4.69, 9.17) is 0 Å². The molecule has 0 rings (SSSR count). The Morgan fingerprint density at radius 1 is 1.40 bits per heavy atom. The lowest BCUT2D eigenvalue weighted by atomic mass is 10.0. The summed E-state index contributed by atoms with van der Waals surface area (Å²) in [7, 11) is 1.33. The summed E-state index contributed by atoms with van der Waals surface area (Å²) >= 11 is 1.43. The normalized spacial score (nSPS) is 12.3. The van der Waals surface area contributed by atoms with Gasteiger partial charge in [0.1, 0.15) is 6.04 Å². The molecule has 0 aliphatic heterocycles. The number of thioether (sulfide) groups is 1. The van der Waals surface area contributed by atoms with Gasteiger partial charge in [-0.3, -0.25) is 4.79 Å². The van der Waals surface area contributed by atoms with Gasteiger partial charge < -0.3 is 10.1 Å². The van der Waals surface area contributed by atoms with Gasteiger partial charge in [0.05, 0.1) is 12.9 Å². The summed E-state index contributed by atoms with van der Waals surface area (Å²) in [6.07, 6.45) is 2.45. The Labute approximate surface area is 95.1 Å². The standard InChI is InChI=1S/C10H19NO3S/c1-7(2)5-8(10(13)14-3)11-9(12)6-15-4/h7-8H,5-6H2,1-4H3,(H,11,12)/t8-/m1/s1. The van der Waals surface area contributed by atoms with Crippen LogP contribution in [0.1, 0.15) is 20.3 Å². The van der Waals surface area contributed by atoms with Crippen LogP contribution in [0.25, 0.3) is 0 Å². The molecule has 0 unspecified atom stereocenters. The summed E-state index contributed by atoms with van der Waals surface area (Å²) in [6, 6.07) is -0.519. The van der Waals surface area contributed by atoms with Gasteiger partial charge in [-0.1, -0.05) is 13.8 Å². The van der Waals surface area contributed by atoms with Crippen molar-refractivity contribution >= 4 is 23.6 Å². The molecule has 1 N–H and O–H groups in total. The van der Waals surface area contributed by atoms with E-state index < -0.39 is 6.04 Å². The van der Waals surface area contributed by atoms with Crippen LogP contribution in [-0.2, 0) is 14.3 Å². The average Bonchev–Trinajstić information content (AvgIpc) is 2.15. The van der Waals surface area contributed by atoms with E-state index in [-0.39, 0.29) is 11.9 Å². The Morgan fingerprint density at radius 3 is 2.40 bits per heavy atom. The molecule has 88 valence electrons. The first-order valence-electron chi connectivity index (χ1n) is 4.87. The van der Waals surface area contributed by atoms with E-state index in [1.807, 2.05) is 20.1 Å². The highest BCUT2D eigenvalue weighted by atomic mass is 32.2. The first-order chi connectivity index (χ1) is 7.01. The van der Waals surface area contributed by atoms with Crippen molar-refractivity contribution in [2.75, 3.05) is 19.1 Å². The molecule has 0 spiro atoms. The minimum absolute atomic E-state index is 0.126.